The van der Waals surface area contributed by atoms with E-state index in [1.807, 2.05) is 0 Å². The SMILES string of the molecule is CC1(CC2CCCCC2)CCC(O)C1. The van der Waals surface area contributed by atoms with Crippen molar-refractivity contribution in [2.45, 2.75) is 70.8 Å². The van der Waals surface area contributed by atoms with Gasteiger partial charge in [0.2, 0.25) is 0 Å². The molecule has 1 N–H and O–H groups in total. The molecule has 0 saturated heterocycles. The van der Waals surface area contributed by atoms with Gasteiger partial charge in [-0.3, -0.25) is 0 Å². The molecule has 1 heteroatoms. The van der Waals surface area contributed by atoms with E-state index in [0.717, 1.165) is 18.8 Å². The smallest absolute Gasteiger partial charge is 0.0545 e. The molecule has 0 aromatic carbocycles. The second-order valence-corrected chi connectivity index (χ2v) is 5.92. The summed E-state index contributed by atoms with van der Waals surface area (Å²) in [7, 11) is 0. The Morgan fingerprint density at radius 3 is 2.43 bits per heavy atom. The number of rotatable bonds is 2. The first-order valence-corrected chi connectivity index (χ1v) is 6.36. The van der Waals surface area contributed by atoms with Crippen LogP contribution in [0.1, 0.15) is 64.7 Å². The van der Waals surface area contributed by atoms with Crippen LogP contribution < -0.4 is 0 Å². The Bertz CT molecular complexity index is 184. The van der Waals surface area contributed by atoms with Gasteiger partial charge in [-0.05, 0) is 37.0 Å². The van der Waals surface area contributed by atoms with Crippen molar-refractivity contribution in [2.75, 3.05) is 0 Å². The molecular formula is C13H24O. The predicted molar refractivity (Wildman–Crippen MR) is 59.2 cm³/mol. The third kappa shape index (κ3) is 2.50. The second-order valence-electron chi connectivity index (χ2n) is 5.92. The number of aliphatic hydroxyl groups excluding tert-OH is 1. The quantitative estimate of drug-likeness (QED) is 0.716. The standard InChI is InChI=1S/C13H24O/c1-13(8-7-12(14)10-13)9-11-5-3-2-4-6-11/h11-12,14H,2-10H2,1H3. The van der Waals surface area contributed by atoms with Gasteiger partial charge in [0.15, 0.2) is 0 Å². The van der Waals surface area contributed by atoms with E-state index in [1.54, 1.807) is 0 Å². The molecule has 0 heterocycles. The maximum atomic E-state index is 9.59. The lowest BCUT2D eigenvalue weighted by Crippen LogP contribution is -2.20. The van der Waals surface area contributed by atoms with Crippen LogP contribution in [0.2, 0.25) is 0 Å². The Kier molecular flexibility index (Phi) is 3.16. The van der Waals surface area contributed by atoms with Gasteiger partial charge in [0.25, 0.3) is 0 Å². The minimum atomic E-state index is 0.00332. The highest BCUT2D eigenvalue weighted by molar-refractivity contribution is 4.87. The van der Waals surface area contributed by atoms with E-state index in [4.69, 9.17) is 0 Å². The van der Waals surface area contributed by atoms with Gasteiger partial charge in [0, 0.05) is 0 Å². The first-order chi connectivity index (χ1) is 6.68. The summed E-state index contributed by atoms with van der Waals surface area (Å²) in [6, 6.07) is 0. The highest BCUT2D eigenvalue weighted by atomic mass is 16.3. The fraction of sp³-hybridized carbons (Fsp3) is 1.00. The Hall–Kier alpha value is -0.0400. The van der Waals surface area contributed by atoms with E-state index in [9.17, 15) is 5.11 Å². The number of aliphatic hydroxyl groups is 1. The van der Waals surface area contributed by atoms with Crippen LogP contribution in [0.5, 0.6) is 0 Å². The Labute approximate surface area is 87.9 Å². The summed E-state index contributed by atoms with van der Waals surface area (Å²) >= 11 is 0. The number of hydrogen-bond donors (Lipinski definition) is 1. The molecule has 2 unspecified atom stereocenters. The molecule has 2 saturated carbocycles. The van der Waals surface area contributed by atoms with Crippen LogP contribution in [0, 0.1) is 11.3 Å². The highest BCUT2D eigenvalue weighted by Gasteiger charge is 2.36. The van der Waals surface area contributed by atoms with Crippen molar-refractivity contribution in [2.24, 2.45) is 11.3 Å². The molecule has 82 valence electrons. The molecule has 2 rings (SSSR count). The summed E-state index contributed by atoms with van der Waals surface area (Å²) in [6.07, 6.45) is 12.0. The van der Waals surface area contributed by atoms with Gasteiger partial charge in [0.05, 0.1) is 6.10 Å². The third-order valence-electron chi connectivity index (χ3n) is 4.32. The van der Waals surface area contributed by atoms with Gasteiger partial charge in [-0.2, -0.15) is 0 Å². The topological polar surface area (TPSA) is 20.2 Å². The molecule has 0 aliphatic heterocycles. The first kappa shape index (κ1) is 10.5. The molecule has 2 atom stereocenters. The van der Waals surface area contributed by atoms with E-state index in [-0.39, 0.29) is 6.10 Å². The van der Waals surface area contributed by atoms with Gasteiger partial charge in [-0.15, -0.1) is 0 Å². The van der Waals surface area contributed by atoms with E-state index in [1.165, 1.54) is 44.9 Å². The molecule has 0 aromatic heterocycles. The van der Waals surface area contributed by atoms with Crippen LogP contribution in [-0.2, 0) is 0 Å². The van der Waals surface area contributed by atoms with Gasteiger partial charge >= 0.3 is 0 Å². The van der Waals surface area contributed by atoms with E-state index in [2.05, 4.69) is 6.92 Å². The van der Waals surface area contributed by atoms with Crippen LogP contribution >= 0.6 is 0 Å². The van der Waals surface area contributed by atoms with E-state index >= 15 is 0 Å². The molecule has 0 aromatic rings. The van der Waals surface area contributed by atoms with Gasteiger partial charge < -0.3 is 5.11 Å². The van der Waals surface area contributed by atoms with Crippen LogP contribution in [0.15, 0.2) is 0 Å². The Balaban J connectivity index is 1.83. The zero-order chi connectivity index (χ0) is 10.0. The van der Waals surface area contributed by atoms with Crippen molar-refractivity contribution in [1.29, 1.82) is 0 Å². The van der Waals surface area contributed by atoms with Crippen LogP contribution in [0.25, 0.3) is 0 Å². The van der Waals surface area contributed by atoms with Gasteiger partial charge in [0.1, 0.15) is 0 Å². The maximum Gasteiger partial charge on any atom is 0.0545 e. The average molecular weight is 196 g/mol. The van der Waals surface area contributed by atoms with Crippen molar-refractivity contribution in [3.63, 3.8) is 0 Å². The fourth-order valence-corrected chi connectivity index (χ4v) is 3.56. The number of hydrogen-bond acceptors (Lipinski definition) is 1. The molecule has 0 amide bonds. The summed E-state index contributed by atoms with van der Waals surface area (Å²) in [6.45, 7) is 2.39. The summed E-state index contributed by atoms with van der Waals surface area (Å²) in [5, 5.41) is 9.59. The molecule has 0 bridgehead atoms. The van der Waals surface area contributed by atoms with E-state index < -0.39 is 0 Å². The second kappa shape index (κ2) is 4.22. The van der Waals surface area contributed by atoms with Crippen LogP contribution in [-0.4, -0.2) is 11.2 Å². The highest BCUT2D eigenvalue weighted by Crippen LogP contribution is 2.45. The summed E-state index contributed by atoms with van der Waals surface area (Å²) in [5.41, 5.74) is 0.474. The molecule has 0 spiro atoms. The maximum absolute atomic E-state index is 9.59. The normalized spacial score (nSPS) is 40.3. The lowest BCUT2D eigenvalue weighted by molar-refractivity contribution is 0.145. The molecule has 2 fully saturated rings. The van der Waals surface area contributed by atoms with Gasteiger partial charge in [-0.1, -0.05) is 39.0 Å². The Morgan fingerprint density at radius 2 is 1.86 bits per heavy atom. The lowest BCUT2D eigenvalue weighted by atomic mass is 9.74. The van der Waals surface area contributed by atoms with E-state index in [0.29, 0.717) is 5.41 Å². The van der Waals surface area contributed by atoms with Gasteiger partial charge in [-0.25, -0.2) is 0 Å². The van der Waals surface area contributed by atoms with Crippen molar-refractivity contribution < 1.29 is 5.11 Å². The third-order valence-corrected chi connectivity index (χ3v) is 4.32. The van der Waals surface area contributed by atoms with Crippen molar-refractivity contribution in [3.8, 4) is 0 Å². The Morgan fingerprint density at radius 1 is 1.14 bits per heavy atom. The minimum absolute atomic E-state index is 0.00332. The van der Waals surface area contributed by atoms with Crippen molar-refractivity contribution in [1.82, 2.24) is 0 Å². The predicted octanol–water partition coefficient (Wildman–Crippen LogP) is 3.51. The fourth-order valence-electron chi connectivity index (χ4n) is 3.56. The van der Waals surface area contributed by atoms with Crippen molar-refractivity contribution in [3.05, 3.63) is 0 Å². The lowest BCUT2D eigenvalue weighted by Gasteiger charge is -2.31. The summed E-state index contributed by atoms with van der Waals surface area (Å²) < 4.78 is 0. The molecule has 14 heavy (non-hydrogen) atoms. The first-order valence-electron chi connectivity index (χ1n) is 6.36. The zero-order valence-corrected chi connectivity index (χ0v) is 9.47. The molecule has 1 nitrogen and oxygen atoms in total. The molecule has 2 aliphatic rings. The van der Waals surface area contributed by atoms with Crippen LogP contribution in [0.3, 0.4) is 0 Å². The molecular weight excluding hydrogens is 172 g/mol. The van der Waals surface area contributed by atoms with Crippen molar-refractivity contribution >= 4 is 0 Å². The zero-order valence-electron chi connectivity index (χ0n) is 9.47. The largest absolute Gasteiger partial charge is 0.393 e. The molecule has 2 aliphatic carbocycles. The average Bonchev–Trinajstić information content (AvgIpc) is 2.47. The van der Waals surface area contributed by atoms with Crippen LogP contribution in [0.4, 0.5) is 0 Å². The summed E-state index contributed by atoms with van der Waals surface area (Å²) in [4.78, 5) is 0. The monoisotopic (exact) mass is 196 g/mol. The minimum Gasteiger partial charge on any atom is -0.393 e. The molecule has 0 radical (unpaired) electrons. The summed E-state index contributed by atoms with van der Waals surface area (Å²) in [5.74, 6) is 0.971.